The smallest absolute Gasteiger partial charge is 0.333 e. The van der Waals surface area contributed by atoms with Crippen molar-refractivity contribution in [2.24, 2.45) is 0 Å². The van der Waals surface area contributed by atoms with E-state index in [4.69, 9.17) is 6.42 Å². The second-order valence-electron chi connectivity index (χ2n) is 3.81. The highest BCUT2D eigenvalue weighted by Crippen LogP contribution is 2.28. The molecule has 0 saturated heterocycles. The van der Waals surface area contributed by atoms with Crippen LogP contribution in [0.1, 0.15) is 26.0 Å². The van der Waals surface area contributed by atoms with E-state index < -0.39 is 4.92 Å². The SMILES string of the molecule is C#CCC(C)Nc1c([N+](=O)[O-])c(C)nn1CC. The van der Waals surface area contributed by atoms with Gasteiger partial charge in [-0.25, -0.2) is 4.68 Å². The lowest BCUT2D eigenvalue weighted by Crippen LogP contribution is -2.18. The van der Waals surface area contributed by atoms with Crippen molar-refractivity contribution in [3.05, 3.63) is 15.8 Å². The molecule has 0 aliphatic carbocycles. The highest BCUT2D eigenvalue weighted by atomic mass is 16.6. The molecule has 92 valence electrons. The minimum Gasteiger partial charge on any atom is -0.361 e. The molecule has 0 amide bonds. The van der Waals surface area contributed by atoms with E-state index in [0.717, 1.165) is 0 Å². The molecular weight excluding hydrogens is 220 g/mol. The lowest BCUT2D eigenvalue weighted by atomic mass is 10.2. The summed E-state index contributed by atoms with van der Waals surface area (Å²) in [5, 5.41) is 18.2. The van der Waals surface area contributed by atoms with E-state index in [9.17, 15) is 10.1 Å². The van der Waals surface area contributed by atoms with Crippen LogP contribution in [0.5, 0.6) is 0 Å². The summed E-state index contributed by atoms with van der Waals surface area (Å²) in [5.74, 6) is 2.95. The van der Waals surface area contributed by atoms with Crippen molar-refractivity contribution in [1.29, 1.82) is 0 Å². The van der Waals surface area contributed by atoms with Gasteiger partial charge in [-0.15, -0.1) is 12.3 Å². The highest BCUT2D eigenvalue weighted by Gasteiger charge is 2.25. The summed E-state index contributed by atoms with van der Waals surface area (Å²) in [5.41, 5.74) is 0.433. The number of hydrogen-bond acceptors (Lipinski definition) is 4. The van der Waals surface area contributed by atoms with Gasteiger partial charge in [0.15, 0.2) is 0 Å². The fourth-order valence-corrected chi connectivity index (χ4v) is 1.62. The van der Waals surface area contributed by atoms with Crippen molar-refractivity contribution in [3.63, 3.8) is 0 Å². The van der Waals surface area contributed by atoms with Crippen molar-refractivity contribution < 1.29 is 4.92 Å². The quantitative estimate of drug-likeness (QED) is 0.481. The van der Waals surface area contributed by atoms with E-state index in [1.54, 1.807) is 11.6 Å². The summed E-state index contributed by atoms with van der Waals surface area (Å²) in [6.45, 7) is 5.96. The van der Waals surface area contributed by atoms with E-state index in [2.05, 4.69) is 16.3 Å². The number of hydrogen-bond donors (Lipinski definition) is 1. The Morgan fingerprint density at radius 2 is 2.35 bits per heavy atom. The number of nitrogens with one attached hydrogen (secondary N) is 1. The molecule has 1 N–H and O–H groups in total. The van der Waals surface area contributed by atoms with Crippen LogP contribution in [0.25, 0.3) is 0 Å². The van der Waals surface area contributed by atoms with Gasteiger partial charge in [-0.3, -0.25) is 10.1 Å². The Hall–Kier alpha value is -2.03. The van der Waals surface area contributed by atoms with Crippen LogP contribution >= 0.6 is 0 Å². The molecule has 1 unspecified atom stereocenters. The van der Waals surface area contributed by atoms with E-state index in [-0.39, 0.29) is 11.7 Å². The molecule has 0 fully saturated rings. The maximum absolute atomic E-state index is 11.0. The first-order valence-electron chi connectivity index (χ1n) is 5.43. The third-order valence-electron chi connectivity index (χ3n) is 2.39. The first-order valence-corrected chi connectivity index (χ1v) is 5.43. The van der Waals surface area contributed by atoms with Crippen molar-refractivity contribution in [2.45, 2.75) is 39.8 Å². The number of aryl methyl sites for hydroxylation is 2. The van der Waals surface area contributed by atoms with Gasteiger partial charge >= 0.3 is 5.69 Å². The molecule has 1 atom stereocenters. The Kier molecular flexibility index (Phi) is 4.10. The molecule has 0 bridgehead atoms. The number of nitro groups is 1. The number of rotatable bonds is 5. The molecule has 0 saturated carbocycles. The van der Waals surface area contributed by atoms with Gasteiger partial charge in [-0.1, -0.05) is 0 Å². The Labute approximate surface area is 100 Å². The second-order valence-corrected chi connectivity index (χ2v) is 3.81. The van der Waals surface area contributed by atoms with Crippen LogP contribution in [-0.4, -0.2) is 20.7 Å². The Morgan fingerprint density at radius 1 is 1.71 bits per heavy atom. The lowest BCUT2D eigenvalue weighted by Gasteiger charge is -2.12. The lowest BCUT2D eigenvalue weighted by molar-refractivity contribution is -0.384. The van der Waals surface area contributed by atoms with Gasteiger partial charge < -0.3 is 5.32 Å². The zero-order valence-electron chi connectivity index (χ0n) is 10.2. The van der Waals surface area contributed by atoms with Crippen molar-refractivity contribution in [3.8, 4) is 12.3 Å². The zero-order chi connectivity index (χ0) is 13.0. The van der Waals surface area contributed by atoms with Gasteiger partial charge in [-0.2, -0.15) is 5.10 Å². The molecule has 6 nitrogen and oxygen atoms in total. The van der Waals surface area contributed by atoms with E-state index >= 15 is 0 Å². The fraction of sp³-hybridized carbons (Fsp3) is 0.545. The average molecular weight is 236 g/mol. The van der Waals surface area contributed by atoms with Gasteiger partial charge in [0.1, 0.15) is 5.69 Å². The number of terminal acetylenes is 1. The monoisotopic (exact) mass is 236 g/mol. The molecule has 1 rings (SSSR count). The topological polar surface area (TPSA) is 73.0 Å². The van der Waals surface area contributed by atoms with Crippen LogP contribution in [0.4, 0.5) is 11.5 Å². The summed E-state index contributed by atoms with van der Waals surface area (Å²) in [7, 11) is 0. The van der Waals surface area contributed by atoms with Crippen LogP contribution in [0.15, 0.2) is 0 Å². The number of anilines is 1. The first-order chi connectivity index (χ1) is 8.01. The van der Waals surface area contributed by atoms with Gasteiger partial charge in [-0.05, 0) is 20.8 Å². The minimum absolute atomic E-state index is 0.0238. The van der Waals surface area contributed by atoms with Crippen LogP contribution < -0.4 is 5.32 Å². The molecular formula is C11H16N4O2. The molecule has 1 aromatic rings. The second kappa shape index (κ2) is 5.34. The third kappa shape index (κ3) is 2.75. The summed E-state index contributed by atoms with van der Waals surface area (Å²) >= 11 is 0. The molecule has 1 aromatic heterocycles. The Morgan fingerprint density at radius 3 is 2.82 bits per heavy atom. The predicted molar refractivity (Wildman–Crippen MR) is 65.8 cm³/mol. The van der Waals surface area contributed by atoms with E-state index in [0.29, 0.717) is 24.5 Å². The molecule has 0 aliphatic rings. The molecule has 0 spiro atoms. The molecule has 0 aliphatic heterocycles. The molecule has 6 heteroatoms. The molecule has 0 radical (unpaired) electrons. The van der Waals surface area contributed by atoms with Crippen molar-refractivity contribution in [1.82, 2.24) is 9.78 Å². The zero-order valence-corrected chi connectivity index (χ0v) is 10.2. The fourth-order valence-electron chi connectivity index (χ4n) is 1.62. The third-order valence-corrected chi connectivity index (χ3v) is 2.39. The molecule has 0 aromatic carbocycles. The normalized spacial score (nSPS) is 11.9. The van der Waals surface area contributed by atoms with E-state index in [1.807, 2.05) is 13.8 Å². The summed E-state index contributed by atoms with van der Waals surface area (Å²) in [6.07, 6.45) is 5.72. The largest absolute Gasteiger partial charge is 0.361 e. The van der Waals surface area contributed by atoms with E-state index in [1.165, 1.54) is 0 Å². The first kappa shape index (κ1) is 13.0. The maximum atomic E-state index is 11.0. The Balaban J connectivity index is 3.11. The molecule has 1 heterocycles. The van der Waals surface area contributed by atoms with Crippen LogP contribution in [0, 0.1) is 29.4 Å². The summed E-state index contributed by atoms with van der Waals surface area (Å²) in [4.78, 5) is 10.6. The van der Waals surface area contributed by atoms with Crippen LogP contribution in [-0.2, 0) is 6.54 Å². The van der Waals surface area contributed by atoms with Gasteiger partial charge in [0.05, 0.1) is 4.92 Å². The van der Waals surface area contributed by atoms with Gasteiger partial charge in [0, 0.05) is 19.0 Å². The van der Waals surface area contributed by atoms with Crippen LogP contribution in [0.3, 0.4) is 0 Å². The Bertz CT molecular complexity index is 459. The highest BCUT2D eigenvalue weighted by molar-refractivity contribution is 5.60. The minimum atomic E-state index is -0.417. The predicted octanol–water partition coefficient (Wildman–Crippen LogP) is 1.94. The number of aromatic nitrogens is 2. The summed E-state index contributed by atoms with van der Waals surface area (Å²) < 4.78 is 1.58. The van der Waals surface area contributed by atoms with Crippen molar-refractivity contribution in [2.75, 3.05) is 5.32 Å². The van der Waals surface area contributed by atoms with Crippen molar-refractivity contribution >= 4 is 11.5 Å². The standard InChI is InChI=1S/C11H16N4O2/c1-5-7-8(3)12-11-10(15(16)17)9(4)13-14(11)6-2/h1,8,12H,6-7H2,2-4H3. The average Bonchev–Trinajstić information content (AvgIpc) is 2.55. The maximum Gasteiger partial charge on any atom is 0.333 e. The molecule has 17 heavy (non-hydrogen) atoms. The van der Waals surface area contributed by atoms with Crippen LogP contribution in [0.2, 0.25) is 0 Å². The number of nitrogens with zero attached hydrogens (tertiary/aromatic N) is 3. The summed E-state index contributed by atoms with van der Waals surface area (Å²) in [6, 6.07) is -0.0277. The van der Waals surface area contributed by atoms with Gasteiger partial charge in [0.25, 0.3) is 0 Å². The van der Waals surface area contributed by atoms with Gasteiger partial charge in [0.2, 0.25) is 5.82 Å².